The Hall–Kier alpha value is -3.43. The number of piperazine rings is 1. The predicted molar refractivity (Wildman–Crippen MR) is 149 cm³/mol. The molecular weight excluding hydrogens is 508 g/mol. The summed E-state index contributed by atoms with van der Waals surface area (Å²) < 4.78 is 66.0. The van der Waals surface area contributed by atoms with E-state index in [0.717, 1.165) is 12.6 Å². The van der Waals surface area contributed by atoms with E-state index in [2.05, 4.69) is 16.9 Å². The van der Waals surface area contributed by atoms with Crippen molar-refractivity contribution in [2.24, 2.45) is 4.99 Å². The predicted octanol–water partition coefficient (Wildman–Crippen LogP) is 6.08. The second kappa shape index (κ2) is 12.2. The minimum atomic E-state index is -4.80. The fourth-order valence-electron chi connectivity index (χ4n) is 4.85. The third-order valence-corrected chi connectivity index (χ3v) is 6.84. The smallest absolute Gasteiger partial charge is 0.417 e. The van der Waals surface area contributed by atoms with E-state index in [1.165, 1.54) is 6.07 Å². The Morgan fingerprint density at radius 2 is 1.79 bits per heavy atom. The zero-order chi connectivity index (χ0) is 28.2. The molecule has 0 unspecified atom stereocenters. The van der Waals surface area contributed by atoms with Crippen LogP contribution in [0.4, 0.5) is 17.6 Å². The maximum Gasteiger partial charge on any atom is 0.417 e. The molecule has 1 fully saturated rings. The third kappa shape index (κ3) is 6.59. The first-order chi connectivity index (χ1) is 18.6. The quantitative estimate of drug-likeness (QED) is 0.249. The first kappa shape index (κ1) is 28.6. The van der Waals surface area contributed by atoms with Crippen LogP contribution in [-0.2, 0) is 4.74 Å². The van der Waals surface area contributed by atoms with Gasteiger partial charge in [-0.15, -0.1) is 0 Å². The summed E-state index contributed by atoms with van der Waals surface area (Å²) in [6.45, 7) is 9.12. The van der Waals surface area contributed by atoms with E-state index in [1.54, 1.807) is 43.3 Å². The summed E-state index contributed by atoms with van der Waals surface area (Å²) in [4.78, 5) is 8.29. The summed E-state index contributed by atoms with van der Waals surface area (Å²) in [5, 5.41) is 4.46. The van der Waals surface area contributed by atoms with Crippen LogP contribution in [0.1, 0.15) is 18.9 Å². The molecule has 0 saturated carbocycles. The molecule has 5 nitrogen and oxygen atoms in total. The first-order valence-electron chi connectivity index (χ1n) is 13.0. The maximum atomic E-state index is 16.6. The second-order valence-corrected chi connectivity index (χ2v) is 9.87. The summed E-state index contributed by atoms with van der Waals surface area (Å²) in [7, 11) is 3.87. The van der Waals surface area contributed by atoms with Crippen molar-refractivity contribution >= 4 is 22.1 Å². The van der Waals surface area contributed by atoms with E-state index >= 15 is 4.39 Å². The molecule has 39 heavy (non-hydrogen) atoms. The lowest BCUT2D eigenvalue weighted by atomic mass is 9.84. The van der Waals surface area contributed by atoms with E-state index in [9.17, 15) is 13.2 Å². The Morgan fingerprint density at radius 3 is 2.49 bits per heavy atom. The Labute approximate surface area is 226 Å². The second-order valence-electron chi connectivity index (χ2n) is 9.87. The van der Waals surface area contributed by atoms with Crippen LogP contribution in [0.2, 0.25) is 0 Å². The highest BCUT2D eigenvalue weighted by atomic mass is 19.4. The van der Waals surface area contributed by atoms with Crippen molar-refractivity contribution < 1.29 is 22.3 Å². The number of rotatable bonds is 8. The summed E-state index contributed by atoms with van der Waals surface area (Å²) >= 11 is 0. The van der Waals surface area contributed by atoms with Gasteiger partial charge in [0.2, 0.25) is 5.88 Å². The molecule has 208 valence electrons. The van der Waals surface area contributed by atoms with Crippen LogP contribution in [-0.4, -0.2) is 75.1 Å². The number of fused-ring (bicyclic) bond motifs is 1. The van der Waals surface area contributed by atoms with Gasteiger partial charge in [-0.2, -0.15) is 13.2 Å². The molecule has 0 radical (unpaired) electrons. The molecular formula is C30H34F4N4O. The van der Waals surface area contributed by atoms with Gasteiger partial charge < -0.3 is 19.9 Å². The van der Waals surface area contributed by atoms with Crippen LogP contribution in [0.25, 0.3) is 16.3 Å². The zero-order valence-electron chi connectivity index (χ0n) is 22.5. The maximum absolute atomic E-state index is 16.6. The van der Waals surface area contributed by atoms with Crippen LogP contribution >= 0.6 is 0 Å². The van der Waals surface area contributed by atoms with E-state index in [0.29, 0.717) is 55.7 Å². The van der Waals surface area contributed by atoms with Crippen molar-refractivity contribution in [2.45, 2.75) is 19.5 Å². The number of benzene rings is 2. The summed E-state index contributed by atoms with van der Waals surface area (Å²) in [5.74, 6) is -1.10. The Balaban J connectivity index is 1.89. The number of nitrogens with zero attached hydrogens (tertiary/aromatic N) is 3. The van der Waals surface area contributed by atoms with Crippen molar-refractivity contribution in [3.05, 3.63) is 89.2 Å². The van der Waals surface area contributed by atoms with Gasteiger partial charge in [0.05, 0.1) is 12.2 Å². The zero-order valence-corrected chi connectivity index (χ0v) is 22.5. The lowest BCUT2D eigenvalue weighted by Gasteiger charge is -2.33. The first-order valence-corrected chi connectivity index (χ1v) is 13.0. The van der Waals surface area contributed by atoms with Gasteiger partial charge in [0, 0.05) is 49.6 Å². The summed E-state index contributed by atoms with van der Waals surface area (Å²) in [6, 6.07) is 11.9. The molecule has 0 amide bonds. The van der Waals surface area contributed by atoms with Gasteiger partial charge in [-0.3, -0.25) is 0 Å². The lowest BCUT2D eigenvalue weighted by Crippen LogP contribution is -2.43. The average molecular weight is 543 g/mol. The van der Waals surface area contributed by atoms with Gasteiger partial charge in [0.15, 0.2) is 5.83 Å². The number of halogens is 4. The average Bonchev–Trinajstić information content (AvgIpc) is 2.91. The molecule has 1 aliphatic carbocycles. The van der Waals surface area contributed by atoms with E-state index in [-0.39, 0.29) is 22.7 Å². The summed E-state index contributed by atoms with van der Waals surface area (Å²) in [5.41, 5.74) is -1.04. The number of hydrogen-bond acceptors (Lipinski definition) is 5. The highest BCUT2D eigenvalue weighted by molar-refractivity contribution is 6.22. The Bertz CT molecular complexity index is 1340. The molecule has 0 spiro atoms. The van der Waals surface area contributed by atoms with Crippen LogP contribution in [0, 0.1) is 0 Å². The molecule has 0 bridgehead atoms. The monoisotopic (exact) mass is 542 g/mol. The lowest BCUT2D eigenvalue weighted by molar-refractivity contribution is -0.0872. The van der Waals surface area contributed by atoms with Crippen molar-refractivity contribution in [3.63, 3.8) is 0 Å². The fourth-order valence-corrected chi connectivity index (χ4v) is 4.85. The van der Waals surface area contributed by atoms with E-state index in [1.807, 2.05) is 23.9 Å². The number of alkyl halides is 3. The van der Waals surface area contributed by atoms with Crippen LogP contribution in [0.15, 0.2) is 88.7 Å². The van der Waals surface area contributed by atoms with Gasteiger partial charge in [-0.1, -0.05) is 42.5 Å². The largest absolute Gasteiger partial charge is 0.478 e. The molecule has 2 aromatic carbocycles. The number of ether oxygens (including phenoxy) is 1. The molecule has 1 aliphatic heterocycles. The van der Waals surface area contributed by atoms with E-state index in [4.69, 9.17) is 4.74 Å². The molecule has 0 atom stereocenters. The van der Waals surface area contributed by atoms with Crippen LogP contribution in [0.5, 0.6) is 0 Å². The van der Waals surface area contributed by atoms with Gasteiger partial charge in [-0.05, 0) is 56.4 Å². The highest BCUT2D eigenvalue weighted by Gasteiger charge is 2.42. The SMILES string of the molecule is C=C(/N=C1/C(F)=C(c2cccc3ccccc23)C(C(F)(F)F)=C/C1=C(/C)N1CCNCC1)OCCCN(C)C. The topological polar surface area (TPSA) is 40.1 Å². The fraction of sp³-hybridized carbons (Fsp3) is 0.367. The van der Waals surface area contributed by atoms with Crippen LogP contribution < -0.4 is 5.32 Å². The van der Waals surface area contributed by atoms with Crippen molar-refractivity contribution in [2.75, 3.05) is 53.4 Å². The molecule has 9 heteroatoms. The van der Waals surface area contributed by atoms with E-state index < -0.39 is 23.1 Å². The van der Waals surface area contributed by atoms with Gasteiger partial charge in [0.25, 0.3) is 0 Å². The molecule has 0 aromatic heterocycles. The van der Waals surface area contributed by atoms with Gasteiger partial charge in [0.1, 0.15) is 5.71 Å². The van der Waals surface area contributed by atoms with Crippen molar-refractivity contribution in [3.8, 4) is 0 Å². The summed E-state index contributed by atoms with van der Waals surface area (Å²) in [6.07, 6.45) is -3.09. The number of aliphatic imine (C=N–C) groups is 1. The van der Waals surface area contributed by atoms with Gasteiger partial charge in [-0.25, -0.2) is 9.38 Å². The Kier molecular flexibility index (Phi) is 8.92. The molecule has 2 aliphatic rings. The molecule has 2 aromatic rings. The minimum Gasteiger partial charge on any atom is -0.478 e. The highest BCUT2D eigenvalue weighted by Crippen LogP contribution is 2.45. The molecule has 1 N–H and O–H groups in total. The van der Waals surface area contributed by atoms with Crippen molar-refractivity contribution in [1.82, 2.24) is 15.1 Å². The minimum absolute atomic E-state index is 0.0503. The number of nitrogens with one attached hydrogen (secondary N) is 1. The standard InChI is InChI=1S/C30H34F4N4O/c1-20(38-16-13-35-14-17-38)25-19-26(30(32,33)34)27(24-12-7-10-22-9-5-6-11-23(22)24)28(31)29(25)36-21(2)39-18-8-15-37(3)4/h5-7,9-12,19,35H,2,8,13-18H2,1,3-4H3/b25-20+,36-29+. The number of allylic oxidation sites excluding steroid dienone is 6. The van der Waals surface area contributed by atoms with Crippen LogP contribution in [0.3, 0.4) is 0 Å². The molecule has 1 saturated heterocycles. The number of hydrogen-bond donors (Lipinski definition) is 1. The third-order valence-electron chi connectivity index (χ3n) is 6.84. The van der Waals surface area contributed by atoms with Crippen molar-refractivity contribution in [1.29, 1.82) is 0 Å². The normalized spacial score (nSPS) is 19.1. The Morgan fingerprint density at radius 1 is 1.10 bits per heavy atom. The molecule has 1 heterocycles. The van der Waals surface area contributed by atoms with Gasteiger partial charge >= 0.3 is 6.18 Å². The molecule has 4 rings (SSSR count).